The van der Waals surface area contributed by atoms with Gasteiger partial charge in [0.15, 0.2) is 0 Å². The monoisotopic (exact) mass is 205 g/mol. The molecule has 0 aliphatic carbocycles. The van der Waals surface area contributed by atoms with Crippen molar-refractivity contribution in [2.75, 3.05) is 5.73 Å². The Kier molecular flexibility index (Phi) is 3.79. The van der Waals surface area contributed by atoms with Crippen LogP contribution in [0.25, 0.3) is 0 Å². The Labute approximate surface area is 91.5 Å². The summed E-state index contributed by atoms with van der Waals surface area (Å²) in [5, 5.41) is 9.04. The first-order chi connectivity index (χ1) is 7.15. The van der Waals surface area contributed by atoms with Crippen molar-refractivity contribution < 1.29 is 0 Å². The van der Waals surface area contributed by atoms with Crippen LogP contribution in [0.3, 0.4) is 0 Å². The van der Waals surface area contributed by atoms with Crippen molar-refractivity contribution in [1.29, 1.82) is 5.26 Å². The maximum absolute atomic E-state index is 9.04. The minimum Gasteiger partial charge on any atom is -0.397 e. The molecular weight excluding hydrogens is 186 g/mol. The molecule has 1 aromatic rings. The van der Waals surface area contributed by atoms with E-state index in [1.54, 1.807) is 6.07 Å². The van der Waals surface area contributed by atoms with E-state index >= 15 is 0 Å². The van der Waals surface area contributed by atoms with Crippen molar-refractivity contribution in [3.05, 3.63) is 17.5 Å². The average Bonchev–Trinajstić information content (AvgIpc) is 2.55. The van der Waals surface area contributed by atoms with Crippen LogP contribution in [0.15, 0.2) is 6.07 Å². The van der Waals surface area contributed by atoms with Gasteiger partial charge in [-0.1, -0.05) is 20.3 Å². The van der Waals surface area contributed by atoms with E-state index in [2.05, 4.69) is 31.4 Å². The number of hydrogen-bond acceptors (Lipinski definition) is 2. The quantitative estimate of drug-likeness (QED) is 0.821. The average molecular weight is 205 g/mol. The maximum atomic E-state index is 9.04. The Balaban J connectivity index is 3.24. The molecule has 2 N–H and O–H groups in total. The van der Waals surface area contributed by atoms with Gasteiger partial charge in [0.1, 0.15) is 11.8 Å². The molecule has 15 heavy (non-hydrogen) atoms. The van der Waals surface area contributed by atoms with Crippen LogP contribution in [0.1, 0.15) is 51.0 Å². The zero-order valence-corrected chi connectivity index (χ0v) is 9.75. The molecule has 1 aromatic heterocycles. The molecule has 3 heteroatoms. The first kappa shape index (κ1) is 11.6. The molecule has 0 saturated carbocycles. The molecule has 1 atom stereocenters. The highest BCUT2D eigenvalue weighted by molar-refractivity contribution is 5.51. The Morgan fingerprint density at radius 2 is 2.20 bits per heavy atom. The lowest BCUT2D eigenvalue weighted by atomic mass is 10.2. The van der Waals surface area contributed by atoms with E-state index in [0.717, 1.165) is 30.6 Å². The van der Waals surface area contributed by atoms with E-state index < -0.39 is 0 Å². The SMILES string of the molecule is CCCc1c(N)cc(C#N)n1[C@H](C)CC. The summed E-state index contributed by atoms with van der Waals surface area (Å²) in [6, 6.07) is 4.35. The molecule has 0 fully saturated rings. The van der Waals surface area contributed by atoms with Crippen molar-refractivity contribution in [2.45, 2.75) is 46.1 Å². The number of aromatic nitrogens is 1. The van der Waals surface area contributed by atoms with E-state index in [0.29, 0.717) is 11.7 Å². The van der Waals surface area contributed by atoms with Gasteiger partial charge in [-0.2, -0.15) is 5.26 Å². The summed E-state index contributed by atoms with van der Waals surface area (Å²) in [5.74, 6) is 0. The Hall–Kier alpha value is -1.43. The van der Waals surface area contributed by atoms with Crippen molar-refractivity contribution in [1.82, 2.24) is 4.57 Å². The van der Waals surface area contributed by atoms with Crippen LogP contribution in [-0.4, -0.2) is 4.57 Å². The van der Waals surface area contributed by atoms with Gasteiger partial charge in [-0.15, -0.1) is 0 Å². The molecule has 0 unspecified atom stereocenters. The highest BCUT2D eigenvalue weighted by atomic mass is 15.0. The smallest absolute Gasteiger partial charge is 0.122 e. The number of anilines is 1. The number of nitrogens with two attached hydrogens (primary N) is 1. The molecule has 3 nitrogen and oxygen atoms in total. The summed E-state index contributed by atoms with van der Waals surface area (Å²) in [5.41, 5.74) is 8.48. The fourth-order valence-electron chi connectivity index (χ4n) is 1.86. The molecule has 0 bridgehead atoms. The van der Waals surface area contributed by atoms with Gasteiger partial charge in [0.2, 0.25) is 0 Å². The lowest BCUT2D eigenvalue weighted by molar-refractivity contribution is 0.508. The number of nitriles is 1. The summed E-state index contributed by atoms with van der Waals surface area (Å²) in [6.07, 6.45) is 3.01. The first-order valence-corrected chi connectivity index (χ1v) is 5.55. The van der Waals surface area contributed by atoms with Crippen LogP contribution < -0.4 is 5.73 Å². The third-order valence-electron chi connectivity index (χ3n) is 2.81. The molecule has 0 amide bonds. The second-order valence-electron chi connectivity index (χ2n) is 3.92. The van der Waals surface area contributed by atoms with Gasteiger partial charge in [0.05, 0.1) is 5.69 Å². The zero-order chi connectivity index (χ0) is 11.4. The lowest BCUT2D eigenvalue weighted by Crippen LogP contribution is -2.10. The zero-order valence-electron chi connectivity index (χ0n) is 9.75. The Morgan fingerprint density at radius 3 is 2.67 bits per heavy atom. The Bertz CT molecular complexity index is 371. The van der Waals surface area contributed by atoms with Crippen LogP contribution in [0, 0.1) is 11.3 Å². The van der Waals surface area contributed by atoms with E-state index in [1.165, 1.54) is 0 Å². The third-order valence-corrected chi connectivity index (χ3v) is 2.81. The van der Waals surface area contributed by atoms with E-state index in [4.69, 9.17) is 11.0 Å². The van der Waals surface area contributed by atoms with Crippen LogP contribution >= 0.6 is 0 Å². The lowest BCUT2D eigenvalue weighted by Gasteiger charge is -2.17. The van der Waals surface area contributed by atoms with Gasteiger partial charge in [-0.3, -0.25) is 0 Å². The van der Waals surface area contributed by atoms with E-state index in [9.17, 15) is 0 Å². The summed E-state index contributed by atoms with van der Waals surface area (Å²) < 4.78 is 2.08. The van der Waals surface area contributed by atoms with Crippen LogP contribution in [0.2, 0.25) is 0 Å². The molecule has 0 aliphatic heterocycles. The van der Waals surface area contributed by atoms with Gasteiger partial charge in [-0.25, -0.2) is 0 Å². The maximum Gasteiger partial charge on any atom is 0.122 e. The normalized spacial score (nSPS) is 12.4. The standard InChI is InChI=1S/C12H19N3/c1-4-6-12-11(14)7-10(8-13)15(12)9(3)5-2/h7,9H,4-6,14H2,1-3H3/t9-/m1/s1. The summed E-state index contributed by atoms with van der Waals surface area (Å²) in [4.78, 5) is 0. The molecular formula is C12H19N3. The topological polar surface area (TPSA) is 54.7 Å². The molecule has 0 aromatic carbocycles. The number of hydrogen-bond donors (Lipinski definition) is 1. The predicted molar refractivity (Wildman–Crippen MR) is 62.6 cm³/mol. The van der Waals surface area contributed by atoms with E-state index in [1.807, 2.05) is 0 Å². The minimum absolute atomic E-state index is 0.346. The fraction of sp³-hybridized carbons (Fsp3) is 0.583. The van der Waals surface area contributed by atoms with Gasteiger partial charge < -0.3 is 10.3 Å². The molecule has 1 rings (SSSR count). The van der Waals surface area contributed by atoms with Crippen molar-refractivity contribution in [3.8, 4) is 6.07 Å². The summed E-state index contributed by atoms with van der Waals surface area (Å²) >= 11 is 0. The van der Waals surface area contributed by atoms with E-state index in [-0.39, 0.29) is 0 Å². The summed E-state index contributed by atoms with van der Waals surface area (Å²) in [7, 11) is 0. The molecule has 1 heterocycles. The fourth-order valence-corrected chi connectivity index (χ4v) is 1.86. The molecule has 82 valence electrons. The van der Waals surface area contributed by atoms with Gasteiger partial charge in [0, 0.05) is 11.7 Å². The van der Waals surface area contributed by atoms with Crippen molar-refractivity contribution in [3.63, 3.8) is 0 Å². The van der Waals surface area contributed by atoms with Gasteiger partial charge in [0.25, 0.3) is 0 Å². The predicted octanol–water partition coefficient (Wildman–Crippen LogP) is 2.87. The number of nitrogen functional groups attached to an aromatic ring is 1. The minimum atomic E-state index is 0.346. The molecule has 0 aliphatic rings. The van der Waals surface area contributed by atoms with Crippen molar-refractivity contribution in [2.24, 2.45) is 0 Å². The van der Waals surface area contributed by atoms with Crippen LogP contribution in [-0.2, 0) is 6.42 Å². The van der Waals surface area contributed by atoms with Crippen LogP contribution in [0.4, 0.5) is 5.69 Å². The first-order valence-electron chi connectivity index (χ1n) is 5.55. The molecule has 0 spiro atoms. The Morgan fingerprint density at radius 1 is 1.53 bits per heavy atom. The molecule has 0 saturated heterocycles. The molecule has 0 radical (unpaired) electrons. The largest absolute Gasteiger partial charge is 0.397 e. The highest BCUT2D eigenvalue weighted by Crippen LogP contribution is 2.25. The number of nitrogens with zero attached hydrogens (tertiary/aromatic N) is 2. The summed E-state index contributed by atoms with van der Waals surface area (Å²) in [6.45, 7) is 6.37. The second kappa shape index (κ2) is 4.88. The second-order valence-corrected chi connectivity index (χ2v) is 3.92. The van der Waals surface area contributed by atoms with Gasteiger partial charge >= 0.3 is 0 Å². The van der Waals surface area contributed by atoms with Gasteiger partial charge in [-0.05, 0) is 25.8 Å². The highest BCUT2D eigenvalue weighted by Gasteiger charge is 2.15. The van der Waals surface area contributed by atoms with Crippen LogP contribution in [0.5, 0.6) is 0 Å². The number of rotatable bonds is 4. The van der Waals surface area contributed by atoms with Crippen molar-refractivity contribution >= 4 is 5.69 Å². The third kappa shape index (κ3) is 2.15.